The van der Waals surface area contributed by atoms with Crippen LogP contribution in [0.15, 0.2) is 30.3 Å². The van der Waals surface area contributed by atoms with Crippen molar-refractivity contribution in [1.29, 1.82) is 0 Å². The Morgan fingerprint density at radius 2 is 1.69 bits per heavy atom. The molecule has 1 rings (SSSR count). The topological polar surface area (TPSA) is 81.3 Å². The van der Waals surface area contributed by atoms with Crippen molar-refractivity contribution >= 4 is 16.0 Å². The van der Waals surface area contributed by atoms with Gasteiger partial charge in [-0.3, -0.25) is 0 Å². The number of rotatable bonds is 3. The summed E-state index contributed by atoms with van der Waals surface area (Å²) in [7, 11) is -4.43. The summed E-state index contributed by atoms with van der Waals surface area (Å²) >= 11 is 0. The molecule has 5 nitrogen and oxygen atoms in total. The molecule has 0 bridgehead atoms. The molecule has 0 spiro atoms. The SMILES string of the molecule is O=S(=O)([O-])NNc1ccccc1.[Na+]. The van der Waals surface area contributed by atoms with Crippen LogP contribution in [0.1, 0.15) is 0 Å². The first-order valence-electron chi connectivity index (χ1n) is 3.11. The Labute approximate surface area is 98.7 Å². The molecule has 7 heteroatoms. The summed E-state index contributed by atoms with van der Waals surface area (Å²) in [5.74, 6) is 0. The van der Waals surface area contributed by atoms with E-state index in [9.17, 15) is 13.0 Å². The first-order valence-corrected chi connectivity index (χ1v) is 4.52. The minimum atomic E-state index is -4.43. The zero-order chi connectivity index (χ0) is 9.03. The van der Waals surface area contributed by atoms with Gasteiger partial charge in [0.15, 0.2) is 10.3 Å². The Balaban J connectivity index is 0.00000144. The van der Waals surface area contributed by atoms with Crippen LogP contribution < -0.4 is 39.8 Å². The average Bonchev–Trinajstić information content (AvgIpc) is 2.02. The molecule has 0 aliphatic rings. The van der Waals surface area contributed by atoms with Crippen LogP contribution in [0.5, 0.6) is 0 Å². The van der Waals surface area contributed by atoms with Gasteiger partial charge in [-0.05, 0) is 12.1 Å². The molecule has 0 heterocycles. The number of benzene rings is 1. The molecule has 13 heavy (non-hydrogen) atoms. The largest absolute Gasteiger partial charge is 1.00 e. The van der Waals surface area contributed by atoms with Crippen LogP contribution in [-0.2, 0) is 10.3 Å². The second kappa shape index (κ2) is 5.58. The zero-order valence-electron chi connectivity index (χ0n) is 7.02. The Morgan fingerprint density at radius 1 is 1.15 bits per heavy atom. The fraction of sp³-hybridized carbons (Fsp3) is 0. The van der Waals surface area contributed by atoms with Gasteiger partial charge < -0.3 is 9.98 Å². The predicted octanol–water partition coefficient (Wildman–Crippen LogP) is -2.93. The maximum Gasteiger partial charge on any atom is 1.00 e. The maximum atomic E-state index is 10.1. The van der Waals surface area contributed by atoms with Crippen LogP contribution in [0.4, 0.5) is 5.69 Å². The van der Waals surface area contributed by atoms with Crippen molar-refractivity contribution in [3.05, 3.63) is 30.3 Å². The standard InChI is InChI=1S/C6H8N2O3S.Na/c9-12(10,11)8-7-6-4-2-1-3-5-6;/h1-5,7-8H,(H,9,10,11);/q;+1/p-1. The molecule has 0 radical (unpaired) electrons. The molecule has 1 aromatic carbocycles. The van der Waals surface area contributed by atoms with Gasteiger partial charge in [-0.25, -0.2) is 8.42 Å². The predicted molar refractivity (Wildman–Crippen MR) is 42.9 cm³/mol. The minimum Gasteiger partial charge on any atom is -0.734 e. The van der Waals surface area contributed by atoms with Crippen molar-refractivity contribution in [3.8, 4) is 0 Å². The first-order chi connectivity index (χ1) is 5.58. The second-order valence-electron chi connectivity index (χ2n) is 2.05. The number of anilines is 1. The van der Waals surface area contributed by atoms with E-state index in [1.54, 1.807) is 35.2 Å². The molecule has 0 unspecified atom stereocenters. The van der Waals surface area contributed by atoms with Crippen molar-refractivity contribution in [2.75, 3.05) is 5.43 Å². The molecule has 0 aliphatic carbocycles. The van der Waals surface area contributed by atoms with E-state index in [0.717, 1.165) is 0 Å². The summed E-state index contributed by atoms with van der Waals surface area (Å²) in [6.45, 7) is 0. The first kappa shape index (κ1) is 12.9. The Kier molecular flexibility index (Phi) is 5.54. The van der Waals surface area contributed by atoms with E-state index in [0.29, 0.717) is 5.69 Å². The van der Waals surface area contributed by atoms with Gasteiger partial charge in [0.1, 0.15) is 0 Å². The summed E-state index contributed by atoms with van der Waals surface area (Å²) in [6, 6.07) is 8.44. The van der Waals surface area contributed by atoms with E-state index >= 15 is 0 Å². The van der Waals surface area contributed by atoms with Gasteiger partial charge in [0, 0.05) is 5.69 Å². The summed E-state index contributed by atoms with van der Waals surface area (Å²) < 4.78 is 30.2. The van der Waals surface area contributed by atoms with Gasteiger partial charge in [-0.15, -0.1) is 4.83 Å². The van der Waals surface area contributed by atoms with Crippen LogP contribution in [0.25, 0.3) is 0 Å². The van der Waals surface area contributed by atoms with Crippen molar-refractivity contribution in [2.45, 2.75) is 0 Å². The monoisotopic (exact) mass is 210 g/mol. The molecule has 2 N–H and O–H groups in total. The Bertz CT molecular complexity index is 340. The van der Waals surface area contributed by atoms with E-state index in [-0.39, 0.29) is 29.6 Å². The number of hydrogen-bond acceptors (Lipinski definition) is 4. The Morgan fingerprint density at radius 3 is 2.15 bits per heavy atom. The molecule has 0 saturated carbocycles. The third-order valence-electron chi connectivity index (χ3n) is 1.09. The summed E-state index contributed by atoms with van der Waals surface area (Å²) in [4.78, 5) is 1.60. The normalized spacial score (nSPS) is 10.2. The Hall–Kier alpha value is -0.110. The molecule has 1 aromatic rings. The molecule has 0 saturated heterocycles. The fourth-order valence-corrected chi connectivity index (χ4v) is 0.886. The molecule has 0 fully saturated rings. The van der Waals surface area contributed by atoms with Gasteiger partial charge >= 0.3 is 29.6 Å². The summed E-state index contributed by atoms with van der Waals surface area (Å²) in [5, 5.41) is 0. The summed E-state index contributed by atoms with van der Waals surface area (Å²) in [5.41, 5.74) is 2.75. The van der Waals surface area contributed by atoms with Crippen LogP contribution in [0.3, 0.4) is 0 Å². The number of hydrogen-bond donors (Lipinski definition) is 2. The van der Waals surface area contributed by atoms with Gasteiger partial charge in [0.05, 0.1) is 0 Å². The molecule has 0 amide bonds. The van der Waals surface area contributed by atoms with Gasteiger partial charge in [-0.2, -0.15) is 0 Å². The van der Waals surface area contributed by atoms with Gasteiger partial charge in [0.2, 0.25) is 0 Å². The van der Waals surface area contributed by atoms with Crippen LogP contribution in [0.2, 0.25) is 0 Å². The van der Waals surface area contributed by atoms with Gasteiger partial charge in [-0.1, -0.05) is 18.2 Å². The molecular formula is C6H7N2NaO3S. The van der Waals surface area contributed by atoms with Crippen molar-refractivity contribution in [2.24, 2.45) is 0 Å². The van der Waals surface area contributed by atoms with Crippen molar-refractivity contribution < 1.29 is 42.5 Å². The third kappa shape index (κ3) is 6.03. The minimum absolute atomic E-state index is 0. The van der Waals surface area contributed by atoms with E-state index in [4.69, 9.17) is 0 Å². The van der Waals surface area contributed by atoms with E-state index in [1.807, 2.05) is 0 Å². The molecular weight excluding hydrogens is 203 g/mol. The number of nitrogens with one attached hydrogen (secondary N) is 2. The van der Waals surface area contributed by atoms with Crippen molar-refractivity contribution in [1.82, 2.24) is 4.83 Å². The van der Waals surface area contributed by atoms with Crippen molar-refractivity contribution in [3.63, 3.8) is 0 Å². The molecule has 0 aliphatic heterocycles. The average molecular weight is 210 g/mol. The van der Waals surface area contributed by atoms with Crippen LogP contribution >= 0.6 is 0 Å². The smallest absolute Gasteiger partial charge is 0.734 e. The molecule has 0 atom stereocenters. The van der Waals surface area contributed by atoms with Gasteiger partial charge in [0.25, 0.3) is 0 Å². The van der Waals surface area contributed by atoms with Crippen LogP contribution in [-0.4, -0.2) is 13.0 Å². The van der Waals surface area contributed by atoms with E-state index in [2.05, 4.69) is 5.43 Å². The van der Waals surface area contributed by atoms with E-state index in [1.165, 1.54) is 0 Å². The quantitative estimate of drug-likeness (QED) is 0.318. The molecule has 0 aromatic heterocycles. The maximum absolute atomic E-state index is 10.1. The van der Waals surface area contributed by atoms with Crippen LogP contribution in [0, 0.1) is 0 Å². The molecule has 66 valence electrons. The third-order valence-corrected chi connectivity index (χ3v) is 1.45. The summed E-state index contributed by atoms with van der Waals surface area (Å²) in [6.07, 6.45) is 0. The van der Waals surface area contributed by atoms with E-state index < -0.39 is 10.3 Å². The number of para-hydroxylation sites is 1. The second-order valence-corrected chi connectivity index (χ2v) is 3.16. The zero-order valence-corrected chi connectivity index (χ0v) is 9.84. The fourth-order valence-electron chi connectivity index (χ4n) is 0.643. The number of hydrazine groups is 1.